The molecule has 0 fully saturated rings. The van der Waals surface area contributed by atoms with Crippen molar-refractivity contribution >= 4 is 35.8 Å². The van der Waals surface area contributed by atoms with Gasteiger partial charge in [0.15, 0.2) is 0 Å². The predicted molar refractivity (Wildman–Crippen MR) is 153 cm³/mol. The van der Waals surface area contributed by atoms with Gasteiger partial charge in [-0.1, -0.05) is 39.5 Å². The second kappa shape index (κ2) is 21.0. The zero-order chi connectivity index (χ0) is 33.6. The van der Waals surface area contributed by atoms with Gasteiger partial charge in [0.05, 0.1) is 18.6 Å². The van der Waals surface area contributed by atoms with Crippen LogP contribution in [0.3, 0.4) is 0 Å². The number of hydrogen-bond acceptors (Lipinski definition) is 14. The highest BCUT2D eigenvalue weighted by molar-refractivity contribution is 5.83. The molecule has 0 radical (unpaired) electrons. The third kappa shape index (κ3) is 14.4. The first-order valence-electron chi connectivity index (χ1n) is 12.9. The quantitative estimate of drug-likeness (QED) is 0.0658. The van der Waals surface area contributed by atoms with Gasteiger partial charge in [-0.15, -0.1) is 0 Å². The molecule has 242 valence electrons. The van der Waals surface area contributed by atoms with E-state index in [1.54, 1.807) is 6.92 Å². The van der Waals surface area contributed by atoms with Crippen molar-refractivity contribution in [3.63, 3.8) is 0 Å². The average molecular weight is 623 g/mol. The molecule has 0 aliphatic carbocycles. The highest BCUT2D eigenvalue weighted by atomic mass is 16.7. The van der Waals surface area contributed by atoms with Crippen molar-refractivity contribution in [2.45, 2.75) is 13.2 Å². The Morgan fingerprint density at radius 3 is 1.18 bits per heavy atom. The number of ether oxygens (including phenoxy) is 8. The third-order valence-electron chi connectivity index (χ3n) is 5.40. The summed E-state index contributed by atoms with van der Waals surface area (Å²) in [6, 6.07) is 0. The Morgan fingerprint density at radius 2 is 0.864 bits per heavy atom. The van der Waals surface area contributed by atoms with Gasteiger partial charge in [0.1, 0.15) is 38.4 Å². The molecular formula is C30H38O14. The van der Waals surface area contributed by atoms with Gasteiger partial charge in [-0.3, -0.25) is 0 Å². The van der Waals surface area contributed by atoms with Crippen LogP contribution in [-0.2, 0) is 66.7 Å². The van der Waals surface area contributed by atoms with E-state index in [1.165, 1.54) is 0 Å². The Bertz CT molecular complexity index is 1010. The molecule has 0 amide bonds. The second-order valence-electron chi connectivity index (χ2n) is 8.84. The lowest BCUT2D eigenvalue weighted by Crippen LogP contribution is -2.52. The van der Waals surface area contributed by atoms with Crippen LogP contribution >= 0.6 is 0 Å². The molecule has 44 heavy (non-hydrogen) atoms. The van der Waals surface area contributed by atoms with E-state index in [0.29, 0.717) is 0 Å². The zero-order valence-electron chi connectivity index (χ0n) is 24.7. The van der Waals surface area contributed by atoms with Crippen molar-refractivity contribution in [2.24, 2.45) is 10.8 Å². The molecule has 0 aliphatic rings. The Hall–Kier alpha value is -4.82. The van der Waals surface area contributed by atoms with Crippen molar-refractivity contribution in [1.82, 2.24) is 0 Å². The summed E-state index contributed by atoms with van der Waals surface area (Å²) in [5, 5.41) is 0. The smallest absolute Gasteiger partial charge is 0.332 e. The number of hydrogen-bond donors (Lipinski definition) is 0. The lowest BCUT2D eigenvalue weighted by atomic mass is 9.88. The normalized spacial score (nSPS) is 11.4. The molecule has 14 heteroatoms. The first-order chi connectivity index (χ1) is 20.9. The van der Waals surface area contributed by atoms with E-state index in [2.05, 4.69) is 39.5 Å². The molecule has 0 aromatic heterocycles. The number of carbonyl (C=O) groups is 6. The molecule has 0 saturated heterocycles. The molecule has 1 atom stereocenters. The molecule has 0 N–H and O–H groups in total. The molecule has 0 bridgehead atoms. The third-order valence-corrected chi connectivity index (χ3v) is 5.40. The molecular weight excluding hydrogens is 584 g/mol. The summed E-state index contributed by atoms with van der Waals surface area (Å²) in [5.41, 5.74) is -3.29. The van der Waals surface area contributed by atoms with Crippen molar-refractivity contribution < 1.29 is 66.7 Å². The van der Waals surface area contributed by atoms with Crippen LogP contribution in [0.25, 0.3) is 0 Å². The number of rotatable bonds is 24. The van der Waals surface area contributed by atoms with Crippen molar-refractivity contribution in [3.8, 4) is 0 Å². The maximum atomic E-state index is 12.2. The molecule has 0 aromatic carbocycles. The van der Waals surface area contributed by atoms with Crippen LogP contribution in [0.2, 0.25) is 0 Å². The van der Waals surface area contributed by atoms with Gasteiger partial charge >= 0.3 is 35.8 Å². The Kier molecular flexibility index (Phi) is 18.7. The van der Waals surface area contributed by atoms with E-state index in [-0.39, 0.29) is 6.61 Å². The van der Waals surface area contributed by atoms with E-state index in [1.807, 2.05) is 0 Å². The lowest BCUT2D eigenvalue weighted by molar-refractivity contribution is -0.239. The van der Waals surface area contributed by atoms with Crippen LogP contribution in [0, 0.1) is 10.8 Å². The van der Waals surface area contributed by atoms with Crippen LogP contribution in [-0.4, -0.2) is 95.0 Å². The van der Waals surface area contributed by atoms with Gasteiger partial charge < -0.3 is 37.9 Å². The minimum absolute atomic E-state index is 0.0297. The molecule has 14 nitrogen and oxygen atoms in total. The molecule has 0 aromatic rings. The minimum atomic E-state index is -1.74. The Balaban J connectivity index is 6.74. The number of carbonyl (C=O) groups excluding carboxylic acids is 6. The number of esters is 6. The van der Waals surface area contributed by atoms with Gasteiger partial charge in [0.25, 0.3) is 0 Å². The Morgan fingerprint density at radius 1 is 0.523 bits per heavy atom. The Labute approximate surface area is 255 Å². The van der Waals surface area contributed by atoms with Crippen LogP contribution < -0.4 is 0 Å². The predicted octanol–water partition coefficient (Wildman–Crippen LogP) is 1.71. The van der Waals surface area contributed by atoms with E-state index in [0.717, 1.165) is 36.5 Å². The fourth-order valence-electron chi connectivity index (χ4n) is 3.09. The average Bonchev–Trinajstić information content (AvgIpc) is 3.04. The van der Waals surface area contributed by atoms with E-state index < -0.39 is 99.2 Å². The molecule has 0 saturated carbocycles. The summed E-state index contributed by atoms with van der Waals surface area (Å²) in [7, 11) is 0. The second-order valence-corrected chi connectivity index (χ2v) is 8.84. The van der Waals surface area contributed by atoms with Gasteiger partial charge in [-0.25, -0.2) is 28.8 Å². The van der Waals surface area contributed by atoms with Crippen LogP contribution in [0.4, 0.5) is 0 Å². The standard InChI is InChI=1S/C30H38O14/c1-8-22(31)39-16-29(17-40-23(32)9-2,18-41-24(33)10-3)15-37-19-30(20-42-25(34)11-4,21-43-26(35)12-5)28(38-14-7)44-27(36)13-6/h8-13,28H,1-6,14-21H2,7H3. The molecule has 0 heterocycles. The first-order valence-corrected chi connectivity index (χ1v) is 12.9. The summed E-state index contributed by atoms with van der Waals surface area (Å²) in [4.78, 5) is 72.0. The van der Waals surface area contributed by atoms with Gasteiger partial charge in [0, 0.05) is 43.1 Å². The van der Waals surface area contributed by atoms with Crippen molar-refractivity contribution in [3.05, 3.63) is 75.9 Å². The van der Waals surface area contributed by atoms with Crippen LogP contribution in [0.1, 0.15) is 6.92 Å². The molecule has 0 rings (SSSR count). The molecule has 0 aliphatic heterocycles. The largest absolute Gasteiger partial charge is 0.462 e. The monoisotopic (exact) mass is 622 g/mol. The molecule has 1 unspecified atom stereocenters. The topological polar surface area (TPSA) is 176 Å². The van der Waals surface area contributed by atoms with Gasteiger partial charge in [-0.05, 0) is 6.92 Å². The van der Waals surface area contributed by atoms with Crippen LogP contribution in [0.15, 0.2) is 75.9 Å². The van der Waals surface area contributed by atoms with Gasteiger partial charge in [0.2, 0.25) is 6.29 Å². The SMILES string of the molecule is C=CC(=O)OCC(COCC(COC(=O)C=C)(COC(=O)C=C)C(OCC)OC(=O)C=C)(COC(=O)C=C)COC(=O)C=C. The van der Waals surface area contributed by atoms with E-state index in [4.69, 9.17) is 37.9 Å². The van der Waals surface area contributed by atoms with Crippen LogP contribution in [0.5, 0.6) is 0 Å². The van der Waals surface area contributed by atoms with E-state index >= 15 is 0 Å². The molecule has 0 spiro atoms. The summed E-state index contributed by atoms with van der Waals surface area (Å²) < 4.78 is 42.9. The summed E-state index contributed by atoms with van der Waals surface area (Å²) in [5.74, 6) is -5.25. The van der Waals surface area contributed by atoms with Gasteiger partial charge in [-0.2, -0.15) is 0 Å². The highest BCUT2D eigenvalue weighted by Gasteiger charge is 2.47. The maximum Gasteiger partial charge on any atom is 0.332 e. The fourth-order valence-corrected chi connectivity index (χ4v) is 3.09. The maximum absolute atomic E-state index is 12.2. The van der Waals surface area contributed by atoms with Crippen molar-refractivity contribution in [1.29, 1.82) is 0 Å². The van der Waals surface area contributed by atoms with Crippen molar-refractivity contribution in [2.75, 3.05) is 52.9 Å². The highest BCUT2D eigenvalue weighted by Crippen LogP contribution is 2.31. The minimum Gasteiger partial charge on any atom is -0.462 e. The summed E-state index contributed by atoms with van der Waals surface area (Å²) >= 11 is 0. The summed E-state index contributed by atoms with van der Waals surface area (Å²) in [6.07, 6.45) is 3.67. The van der Waals surface area contributed by atoms with E-state index in [9.17, 15) is 28.8 Å². The first kappa shape index (κ1) is 39.2. The lowest BCUT2D eigenvalue weighted by Gasteiger charge is -2.39. The zero-order valence-corrected chi connectivity index (χ0v) is 24.7. The fraction of sp³-hybridized carbons (Fsp3) is 0.400. The summed E-state index contributed by atoms with van der Waals surface area (Å²) in [6.45, 7) is 17.7.